The first-order chi connectivity index (χ1) is 6.18. The normalized spacial score (nSPS) is 10.5. The number of hydrogen-bond acceptors (Lipinski definition) is 4. The molecule has 1 aromatic heterocycles. The van der Waals surface area contributed by atoms with E-state index in [1.807, 2.05) is 22.6 Å². The standard InChI is InChI=1S/C8H5IN2O2/c9-8-4-1-6(12)7(13)2-5(4)10-3-11-8/h1-3,12-13H. The zero-order valence-electron chi connectivity index (χ0n) is 6.40. The number of fused-ring (bicyclic) bond motifs is 1. The molecule has 0 atom stereocenters. The van der Waals surface area contributed by atoms with E-state index in [4.69, 9.17) is 0 Å². The minimum Gasteiger partial charge on any atom is -0.504 e. The van der Waals surface area contributed by atoms with Gasteiger partial charge in [0.1, 0.15) is 10.0 Å². The van der Waals surface area contributed by atoms with Gasteiger partial charge in [0.2, 0.25) is 0 Å². The second-order valence-corrected chi connectivity index (χ2v) is 3.54. The van der Waals surface area contributed by atoms with Crippen LogP contribution in [0.1, 0.15) is 0 Å². The molecule has 0 aliphatic rings. The lowest BCUT2D eigenvalue weighted by Crippen LogP contribution is -1.86. The van der Waals surface area contributed by atoms with E-state index in [0.717, 1.165) is 9.09 Å². The van der Waals surface area contributed by atoms with E-state index in [-0.39, 0.29) is 11.5 Å². The molecule has 2 rings (SSSR count). The molecule has 0 aliphatic heterocycles. The zero-order valence-corrected chi connectivity index (χ0v) is 8.56. The van der Waals surface area contributed by atoms with Gasteiger partial charge in [-0.15, -0.1) is 0 Å². The van der Waals surface area contributed by atoms with Crippen LogP contribution in [0.4, 0.5) is 0 Å². The number of hydrogen-bond donors (Lipinski definition) is 2. The third kappa shape index (κ3) is 1.39. The highest BCUT2D eigenvalue weighted by Crippen LogP contribution is 2.30. The van der Waals surface area contributed by atoms with Gasteiger partial charge in [0.15, 0.2) is 11.5 Å². The molecule has 1 aromatic carbocycles. The summed E-state index contributed by atoms with van der Waals surface area (Å²) in [6, 6.07) is 2.86. The molecule has 2 N–H and O–H groups in total. The van der Waals surface area contributed by atoms with Gasteiger partial charge >= 0.3 is 0 Å². The SMILES string of the molecule is Oc1cc2ncnc(I)c2cc1O. The maximum atomic E-state index is 9.23. The van der Waals surface area contributed by atoms with Crippen molar-refractivity contribution >= 4 is 33.5 Å². The third-order valence-corrected chi connectivity index (χ3v) is 2.54. The van der Waals surface area contributed by atoms with E-state index >= 15 is 0 Å². The molecule has 0 spiro atoms. The first kappa shape index (κ1) is 8.49. The van der Waals surface area contributed by atoms with Gasteiger partial charge in [-0.05, 0) is 28.7 Å². The number of nitrogens with zero attached hydrogens (tertiary/aromatic N) is 2. The minimum absolute atomic E-state index is 0.153. The largest absolute Gasteiger partial charge is 0.504 e. The van der Waals surface area contributed by atoms with Gasteiger partial charge in [0, 0.05) is 11.5 Å². The van der Waals surface area contributed by atoms with E-state index in [2.05, 4.69) is 9.97 Å². The average molecular weight is 288 g/mol. The highest BCUT2D eigenvalue weighted by atomic mass is 127. The number of aromatic nitrogens is 2. The van der Waals surface area contributed by atoms with Crippen molar-refractivity contribution in [3.8, 4) is 11.5 Å². The van der Waals surface area contributed by atoms with Gasteiger partial charge in [0.05, 0.1) is 5.52 Å². The molecule has 0 unspecified atom stereocenters. The Labute approximate surface area is 87.4 Å². The predicted molar refractivity (Wildman–Crippen MR) is 55.6 cm³/mol. The Morgan fingerprint density at radius 1 is 1.08 bits per heavy atom. The van der Waals surface area contributed by atoms with Crippen molar-refractivity contribution in [3.05, 3.63) is 22.2 Å². The Morgan fingerprint density at radius 3 is 2.54 bits per heavy atom. The average Bonchev–Trinajstić information content (AvgIpc) is 2.09. The van der Waals surface area contributed by atoms with Crippen LogP contribution in [-0.2, 0) is 0 Å². The minimum atomic E-state index is -0.165. The summed E-state index contributed by atoms with van der Waals surface area (Å²) in [6.45, 7) is 0. The van der Waals surface area contributed by atoms with E-state index in [1.54, 1.807) is 0 Å². The number of phenols is 2. The Hall–Kier alpha value is -1.11. The summed E-state index contributed by atoms with van der Waals surface area (Å²) in [5.41, 5.74) is 0.620. The summed E-state index contributed by atoms with van der Waals surface area (Å²) in [7, 11) is 0. The predicted octanol–water partition coefficient (Wildman–Crippen LogP) is 1.65. The molecule has 0 saturated carbocycles. The molecule has 5 heteroatoms. The van der Waals surface area contributed by atoms with Crippen molar-refractivity contribution in [2.45, 2.75) is 0 Å². The monoisotopic (exact) mass is 288 g/mol. The summed E-state index contributed by atoms with van der Waals surface area (Å²) in [4.78, 5) is 7.92. The Kier molecular flexibility index (Phi) is 1.95. The Bertz CT molecular complexity index is 473. The van der Waals surface area contributed by atoms with Gasteiger partial charge in [-0.1, -0.05) is 0 Å². The molecule has 13 heavy (non-hydrogen) atoms. The summed E-state index contributed by atoms with van der Waals surface area (Å²) < 4.78 is 0.748. The maximum Gasteiger partial charge on any atom is 0.159 e. The molecule has 1 heterocycles. The molecule has 66 valence electrons. The molecular weight excluding hydrogens is 283 g/mol. The quantitative estimate of drug-likeness (QED) is 0.439. The fourth-order valence-electron chi connectivity index (χ4n) is 1.05. The van der Waals surface area contributed by atoms with Crippen molar-refractivity contribution in [1.82, 2.24) is 9.97 Å². The van der Waals surface area contributed by atoms with Crippen LogP contribution in [0.25, 0.3) is 10.9 Å². The molecule has 4 nitrogen and oxygen atoms in total. The molecule has 0 bridgehead atoms. The molecular formula is C8H5IN2O2. The van der Waals surface area contributed by atoms with Crippen molar-refractivity contribution in [1.29, 1.82) is 0 Å². The van der Waals surface area contributed by atoms with Crippen LogP contribution in [-0.4, -0.2) is 20.2 Å². The van der Waals surface area contributed by atoms with Crippen LogP contribution in [0.2, 0.25) is 0 Å². The molecule has 0 amide bonds. The van der Waals surface area contributed by atoms with Gasteiger partial charge in [0.25, 0.3) is 0 Å². The number of halogens is 1. The number of benzene rings is 1. The van der Waals surface area contributed by atoms with Crippen LogP contribution in [0, 0.1) is 3.70 Å². The summed E-state index contributed by atoms with van der Waals surface area (Å²) >= 11 is 2.04. The fraction of sp³-hybridized carbons (Fsp3) is 0. The second kappa shape index (κ2) is 2.99. The van der Waals surface area contributed by atoms with Crippen molar-refractivity contribution in [2.75, 3.05) is 0 Å². The van der Waals surface area contributed by atoms with E-state index in [0.29, 0.717) is 5.52 Å². The zero-order chi connectivity index (χ0) is 9.42. The molecule has 0 radical (unpaired) electrons. The molecule has 0 fully saturated rings. The topological polar surface area (TPSA) is 66.2 Å². The smallest absolute Gasteiger partial charge is 0.159 e. The lowest BCUT2D eigenvalue weighted by molar-refractivity contribution is 0.404. The summed E-state index contributed by atoms with van der Waals surface area (Å²) in [5.74, 6) is -0.317. The van der Waals surface area contributed by atoms with Crippen LogP contribution < -0.4 is 0 Å². The van der Waals surface area contributed by atoms with Gasteiger partial charge in [-0.3, -0.25) is 0 Å². The van der Waals surface area contributed by atoms with Crippen molar-refractivity contribution in [2.24, 2.45) is 0 Å². The highest BCUT2D eigenvalue weighted by Gasteiger charge is 2.05. The van der Waals surface area contributed by atoms with Gasteiger partial charge in [-0.25, -0.2) is 9.97 Å². The van der Waals surface area contributed by atoms with Crippen molar-refractivity contribution in [3.63, 3.8) is 0 Å². The summed E-state index contributed by atoms with van der Waals surface area (Å²) in [5, 5.41) is 19.2. The third-order valence-electron chi connectivity index (χ3n) is 1.68. The number of rotatable bonds is 0. The van der Waals surface area contributed by atoms with Crippen LogP contribution in [0.15, 0.2) is 18.5 Å². The van der Waals surface area contributed by atoms with Crippen LogP contribution >= 0.6 is 22.6 Å². The van der Waals surface area contributed by atoms with E-state index in [1.165, 1.54) is 18.5 Å². The number of phenolic OH excluding ortho intramolecular Hbond substituents is 2. The van der Waals surface area contributed by atoms with E-state index in [9.17, 15) is 10.2 Å². The first-order valence-electron chi connectivity index (χ1n) is 3.50. The van der Waals surface area contributed by atoms with Crippen LogP contribution in [0.3, 0.4) is 0 Å². The molecule has 2 aromatic rings. The fourth-order valence-corrected chi connectivity index (χ4v) is 1.61. The van der Waals surface area contributed by atoms with Crippen LogP contribution in [0.5, 0.6) is 11.5 Å². The Balaban J connectivity index is 2.89. The van der Waals surface area contributed by atoms with Gasteiger partial charge in [-0.2, -0.15) is 0 Å². The second-order valence-electron chi connectivity index (χ2n) is 2.52. The molecule has 0 aliphatic carbocycles. The van der Waals surface area contributed by atoms with Crippen molar-refractivity contribution < 1.29 is 10.2 Å². The van der Waals surface area contributed by atoms with E-state index < -0.39 is 0 Å². The lowest BCUT2D eigenvalue weighted by Gasteiger charge is -2.01. The lowest BCUT2D eigenvalue weighted by atomic mass is 10.2. The highest BCUT2D eigenvalue weighted by molar-refractivity contribution is 14.1. The first-order valence-corrected chi connectivity index (χ1v) is 4.58. The Morgan fingerprint density at radius 2 is 1.77 bits per heavy atom. The summed E-state index contributed by atoms with van der Waals surface area (Å²) in [6.07, 6.45) is 1.42. The van der Waals surface area contributed by atoms with Gasteiger partial charge < -0.3 is 10.2 Å². The molecule has 0 saturated heterocycles. The maximum absolute atomic E-state index is 9.23. The number of aromatic hydroxyl groups is 2.